The summed E-state index contributed by atoms with van der Waals surface area (Å²) in [6, 6.07) is 22.4. The number of fused-ring (bicyclic) bond motifs is 4. The van der Waals surface area contributed by atoms with E-state index in [0.717, 1.165) is 52.7 Å². The number of non-ortho nitro benzene ring substituents is 1. The van der Waals surface area contributed by atoms with Crippen LogP contribution in [0.2, 0.25) is 0 Å². The number of amides is 1. The molecule has 9 heteroatoms. The molecule has 44 heavy (non-hydrogen) atoms. The predicted molar refractivity (Wildman–Crippen MR) is 177 cm³/mol. The minimum Gasteiger partial charge on any atom is -0.354 e. The molecule has 2 atom stereocenters. The monoisotopic (exact) mass is 612 g/mol. The molecule has 8 nitrogen and oxygen atoms in total. The van der Waals surface area contributed by atoms with Crippen molar-refractivity contribution in [1.29, 1.82) is 0 Å². The van der Waals surface area contributed by atoms with E-state index in [1.54, 1.807) is 0 Å². The largest absolute Gasteiger partial charge is 0.354 e. The van der Waals surface area contributed by atoms with Crippen LogP contribution in [-0.2, 0) is 19.9 Å². The lowest BCUT2D eigenvalue weighted by atomic mass is 9.76. The van der Waals surface area contributed by atoms with Gasteiger partial charge in [-0.2, -0.15) is 0 Å². The Hall–Kier alpha value is -3.95. The number of rotatable bonds is 9. The summed E-state index contributed by atoms with van der Waals surface area (Å²) in [6.45, 7) is 7.38. The Labute approximate surface area is 259 Å². The molecule has 1 saturated carbocycles. The number of piperidine rings is 2. The lowest BCUT2D eigenvalue weighted by Gasteiger charge is -2.47. The third-order valence-electron chi connectivity index (χ3n) is 9.67. The van der Waals surface area contributed by atoms with Crippen LogP contribution in [0.3, 0.4) is 0 Å². The van der Waals surface area contributed by atoms with Crippen molar-refractivity contribution < 1.29 is 13.9 Å². The fourth-order valence-electron chi connectivity index (χ4n) is 6.98. The molecule has 2 bridgehead atoms. The van der Waals surface area contributed by atoms with Crippen molar-refractivity contribution in [1.82, 2.24) is 14.6 Å². The molecule has 1 unspecified atom stereocenters. The second-order valence-electron chi connectivity index (χ2n) is 13.0. The van der Waals surface area contributed by atoms with Gasteiger partial charge in [0.05, 0.1) is 25.7 Å². The fourth-order valence-corrected chi connectivity index (χ4v) is 8.24. The highest BCUT2D eigenvalue weighted by Crippen LogP contribution is 2.41. The Kier molecular flexibility index (Phi) is 7.88. The minimum atomic E-state index is -2.91. The first-order chi connectivity index (χ1) is 21.0. The van der Waals surface area contributed by atoms with Crippen molar-refractivity contribution in [3.63, 3.8) is 0 Å². The number of H-pyrrole nitrogens is 1. The van der Waals surface area contributed by atoms with Crippen LogP contribution >= 0.6 is 0 Å². The number of nitrogens with zero attached hydrogens (tertiary/aromatic N) is 2. The highest BCUT2D eigenvalue weighted by atomic mass is 32.2. The molecule has 3 aromatic carbocycles. The maximum Gasteiger partial charge on any atom is 0.269 e. The lowest BCUT2D eigenvalue weighted by molar-refractivity contribution is -0.384. The zero-order chi connectivity index (χ0) is 31.2. The van der Waals surface area contributed by atoms with E-state index in [2.05, 4.69) is 57.7 Å². The van der Waals surface area contributed by atoms with Crippen molar-refractivity contribution in [3.8, 4) is 11.3 Å². The van der Waals surface area contributed by atoms with Gasteiger partial charge in [-0.1, -0.05) is 43.3 Å². The number of carbonyl (C=O) groups excluding carboxylic acids is 1. The summed E-state index contributed by atoms with van der Waals surface area (Å²) in [5.41, 5.74) is 4.29. The van der Waals surface area contributed by atoms with Crippen molar-refractivity contribution in [2.24, 2.45) is 5.92 Å². The summed E-state index contributed by atoms with van der Waals surface area (Å²) in [5.74, 6) is 4.66. The summed E-state index contributed by atoms with van der Waals surface area (Å²) in [5, 5.41) is 12.1. The molecule has 7 rings (SSSR count). The molecule has 1 amide bonds. The average molecular weight is 613 g/mol. The highest BCUT2D eigenvalue weighted by Gasteiger charge is 2.42. The maximum atomic E-state index is 14.0. The molecule has 4 aromatic rings. The van der Waals surface area contributed by atoms with Gasteiger partial charge < -0.3 is 9.88 Å². The van der Waals surface area contributed by atoms with Crippen molar-refractivity contribution >= 4 is 38.1 Å². The van der Waals surface area contributed by atoms with Gasteiger partial charge in [0.2, 0.25) is 5.91 Å². The lowest BCUT2D eigenvalue weighted by Crippen LogP contribution is -2.55. The van der Waals surface area contributed by atoms with Gasteiger partial charge in [-0.05, 0) is 98.2 Å². The zero-order valence-electron chi connectivity index (χ0n) is 25.5. The van der Waals surface area contributed by atoms with Gasteiger partial charge in [-0.25, -0.2) is 8.93 Å². The molecule has 230 valence electrons. The summed E-state index contributed by atoms with van der Waals surface area (Å²) < 4.78 is 16.7. The van der Waals surface area contributed by atoms with Crippen LogP contribution in [-0.4, -0.2) is 49.9 Å². The van der Waals surface area contributed by atoms with Crippen LogP contribution in [0.15, 0.2) is 77.7 Å². The molecule has 2 saturated heterocycles. The number of nitro groups is 1. The SMILES string of the molecule is C=S(=O)(NC[C@@H](C)c1c(-c2ccccc2)[nH]c2ccc(C(C)(C)C(=O)N3CC4CCC3CC4)cc12)c1ccc([N+](=O)[O-])cc1. The van der Waals surface area contributed by atoms with Gasteiger partial charge in [0.25, 0.3) is 5.69 Å². The van der Waals surface area contributed by atoms with E-state index in [1.165, 1.54) is 37.1 Å². The fraction of sp³-hybridized carbons (Fsp3) is 0.371. The third-order valence-corrected chi connectivity index (χ3v) is 11.3. The van der Waals surface area contributed by atoms with Crippen LogP contribution in [0.1, 0.15) is 63.5 Å². The van der Waals surface area contributed by atoms with E-state index in [9.17, 15) is 19.1 Å². The Balaban J connectivity index is 1.34. The van der Waals surface area contributed by atoms with E-state index >= 15 is 0 Å². The number of hydrogen-bond donors (Lipinski definition) is 2. The molecule has 0 spiro atoms. The molecule has 3 aliphatic rings. The Morgan fingerprint density at radius 1 is 1.09 bits per heavy atom. The Morgan fingerprint density at radius 3 is 2.39 bits per heavy atom. The first-order valence-corrected chi connectivity index (χ1v) is 17.1. The molecule has 3 fully saturated rings. The maximum absolute atomic E-state index is 14.0. The van der Waals surface area contributed by atoms with Gasteiger partial charge in [0.15, 0.2) is 0 Å². The number of nitrogens with one attached hydrogen (secondary N) is 2. The van der Waals surface area contributed by atoms with Gasteiger partial charge in [0, 0.05) is 47.1 Å². The van der Waals surface area contributed by atoms with E-state index in [4.69, 9.17) is 0 Å². The number of nitro benzene ring substituents is 1. The van der Waals surface area contributed by atoms with Crippen molar-refractivity contribution in [3.05, 3.63) is 94.0 Å². The molecule has 0 radical (unpaired) electrons. The van der Waals surface area contributed by atoms with Crippen LogP contribution in [0.4, 0.5) is 5.69 Å². The van der Waals surface area contributed by atoms with Crippen molar-refractivity contribution in [2.45, 2.75) is 68.7 Å². The molecular weight excluding hydrogens is 572 g/mol. The van der Waals surface area contributed by atoms with Crippen LogP contribution in [0.25, 0.3) is 22.2 Å². The van der Waals surface area contributed by atoms with Gasteiger partial charge >= 0.3 is 0 Å². The van der Waals surface area contributed by atoms with E-state index in [0.29, 0.717) is 23.4 Å². The van der Waals surface area contributed by atoms with Gasteiger partial charge in [-0.3, -0.25) is 14.9 Å². The van der Waals surface area contributed by atoms with Crippen LogP contribution in [0, 0.1) is 16.0 Å². The minimum absolute atomic E-state index is 0.0615. The molecule has 2 N–H and O–H groups in total. The summed E-state index contributed by atoms with van der Waals surface area (Å²) in [6.07, 6.45) is 4.67. The summed E-state index contributed by atoms with van der Waals surface area (Å²) in [7, 11) is -2.91. The van der Waals surface area contributed by atoms with E-state index in [1.807, 2.05) is 32.0 Å². The zero-order valence-corrected chi connectivity index (χ0v) is 26.4. The molecule has 2 aliphatic heterocycles. The first kappa shape index (κ1) is 30.1. The average Bonchev–Trinajstić information content (AvgIpc) is 3.43. The second-order valence-corrected chi connectivity index (χ2v) is 15.1. The summed E-state index contributed by atoms with van der Waals surface area (Å²) in [4.78, 5) is 30.8. The smallest absolute Gasteiger partial charge is 0.269 e. The Bertz CT molecular complexity index is 1800. The Morgan fingerprint density at radius 2 is 1.77 bits per heavy atom. The van der Waals surface area contributed by atoms with Crippen molar-refractivity contribution in [2.75, 3.05) is 13.1 Å². The number of aromatic nitrogens is 1. The molecule has 1 aliphatic carbocycles. The normalized spacial score (nSPS) is 20.4. The molecular formula is C35H40N4O4S. The van der Waals surface area contributed by atoms with Crippen LogP contribution in [0.5, 0.6) is 0 Å². The number of aromatic amines is 1. The summed E-state index contributed by atoms with van der Waals surface area (Å²) >= 11 is 0. The molecule has 1 aromatic heterocycles. The number of carbonyl (C=O) groups is 1. The van der Waals surface area contributed by atoms with E-state index in [-0.39, 0.29) is 17.5 Å². The van der Waals surface area contributed by atoms with Crippen LogP contribution < -0.4 is 4.72 Å². The van der Waals surface area contributed by atoms with Gasteiger partial charge in [0.1, 0.15) is 0 Å². The standard InChI is InChI=1S/C35H40N4O4S/c1-23(21-36-44(4,43)29-17-15-28(16-18-29)39(41)42)32-30-20-26(12-19-31(30)37-33(32)25-8-6-5-7-9-25)35(2,3)34(40)38-22-24-10-13-27(38)14-11-24/h5-9,12,15-20,23-24,27,37H,4,10-11,13-14,21-22H2,1-3H3,(H,36,43)/t23-,24?,27?,44?/m1/s1. The topological polar surface area (TPSA) is 108 Å². The number of benzene rings is 3. The first-order valence-electron chi connectivity index (χ1n) is 15.3. The second kappa shape index (κ2) is 11.5. The highest BCUT2D eigenvalue weighted by molar-refractivity contribution is 7.98. The predicted octanol–water partition coefficient (Wildman–Crippen LogP) is 6.81. The molecule has 3 heterocycles. The van der Waals surface area contributed by atoms with E-state index < -0.39 is 20.0 Å². The quantitative estimate of drug-likeness (QED) is 0.123. The third kappa shape index (κ3) is 5.55. The number of hydrogen-bond acceptors (Lipinski definition) is 4. The van der Waals surface area contributed by atoms with Gasteiger partial charge in [-0.15, -0.1) is 0 Å².